The molecule has 0 amide bonds. The van der Waals surface area contributed by atoms with Crippen molar-refractivity contribution in [2.75, 3.05) is 13.6 Å². The second-order valence-corrected chi connectivity index (χ2v) is 7.30. The predicted molar refractivity (Wildman–Crippen MR) is 94.4 cm³/mol. The first-order chi connectivity index (χ1) is 11.9. The maximum atomic E-state index is 11.0. The SMILES string of the molecule is CC(C)c1noc(COc2ccc(C(C)(O)[C@H]3CCCN3C)cc2)n1. The maximum absolute atomic E-state index is 11.0. The maximum Gasteiger partial charge on any atom is 0.264 e. The Hall–Kier alpha value is -1.92. The third-order valence-electron chi connectivity index (χ3n) is 4.97. The highest BCUT2D eigenvalue weighted by atomic mass is 16.5. The Balaban J connectivity index is 1.63. The van der Waals surface area contributed by atoms with Crippen LogP contribution in [-0.2, 0) is 12.2 Å². The molecule has 0 radical (unpaired) electrons. The largest absolute Gasteiger partial charge is 0.484 e. The van der Waals surface area contributed by atoms with Crippen molar-refractivity contribution < 1.29 is 14.4 Å². The molecule has 6 heteroatoms. The van der Waals surface area contributed by atoms with Crippen LogP contribution in [0.1, 0.15) is 56.8 Å². The van der Waals surface area contributed by atoms with Gasteiger partial charge < -0.3 is 19.3 Å². The number of likely N-dealkylation sites (N-methyl/N-ethyl adjacent to an activating group) is 1. The van der Waals surface area contributed by atoms with E-state index in [9.17, 15) is 5.11 Å². The lowest BCUT2D eigenvalue weighted by Gasteiger charge is -2.35. The number of rotatable bonds is 6. The highest BCUT2D eigenvalue weighted by Gasteiger charge is 2.38. The molecule has 1 aliphatic rings. The van der Waals surface area contributed by atoms with E-state index in [1.807, 2.05) is 45.0 Å². The molecule has 2 atom stereocenters. The van der Waals surface area contributed by atoms with Crippen LogP contribution in [0.15, 0.2) is 28.8 Å². The van der Waals surface area contributed by atoms with Crippen LogP contribution in [0.5, 0.6) is 5.75 Å². The monoisotopic (exact) mass is 345 g/mol. The van der Waals surface area contributed by atoms with Gasteiger partial charge in [-0.2, -0.15) is 4.98 Å². The summed E-state index contributed by atoms with van der Waals surface area (Å²) in [6.07, 6.45) is 2.14. The van der Waals surface area contributed by atoms with Gasteiger partial charge in [0, 0.05) is 12.0 Å². The molecule has 2 aromatic rings. The highest BCUT2D eigenvalue weighted by molar-refractivity contribution is 5.31. The van der Waals surface area contributed by atoms with Gasteiger partial charge in [-0.1, -0.05) is 31.1 Å². The van der Waals surface area contributed by atoms with Crippen LogP contribution in [0, 0.1) is 0 Å². The van der Waals surface area contributed by atoms with Crippen LogP contribution >= 0.6 is 0 Å². The van der Waals surface area contributed by atoms with Crippen molar-refractivity contribution in [3.05, 3.63) is 41.5 Å². The molecule has 1 fully saturated rings. The predicted octanol–water partition coefficient (Wildman–Crippen LogP) is 3.07. The third kappa shape index (κ3) is 3.85. The number of aliphatic hydroxyl groups is 1. The summed E-state index contributed by atoms with van der Waals surface area (Å²) in [5.74, 6) is 2.09. The molecule has 6 nitrogen and oxygen atoms in total. The highest BCUT2D eigenvalue weighted by Crippen LogP contribution is 2.34. The van der Waals surface area contributed by atoms with E-state index in [1.165, 1.54) is 0 Å². The second-order valence-electron chi connectivity index (χ2n) is 7.30. The number of nitrogens with zero attached hydrogens (tertiary/aromatic N) is 3. The summed E-state index contributed by atoms with van der Waals surface area (Å²) in [5, 5.41) is 14.9. The van der Waals surface area contributed by atoms with Gasteiger partial charge in [-0.15, -0.1) is 0 Å². The lowest BCUT2D eigenvalue weighted by Crippen LogP contribution is -2.43. The van der Waals surface area contributed by atoms with E-state index in [0.717, 1.165) is 24.9 Å². The third-order valence-corrected chi connectivity index (χ3v) is 4.97. The van der Waals surface area contributed by atoms with Gasteiger partial charge in [0.25, 0.3) is 5.89 Å². The topological polar surface area (TPSA) is 71.6 Å². The molecule has 0 bridgehead atoms. The average molecular weight is 345 g/mol. The molecule has 25 heavy (non-hydrogen) atoms. The molecule has 136 valence electrons. The number of hydrogen-bond donors (Lipinski definition) is 1. The first-order valence-corrected chi connectivity index (χ1v) is 8.86. The molecule has 0 saturated carbocycles. The quantitative estimate of drug-likeness (QED) is 0.867. The zero-order valence-electron chi connectivity index (χ0n) is 15.4. The molecular formula is C19H27N3O3. The number of ether oxygens (including phenoxy) is 1. The van der Waals surface area contributed by atoms with Crippen LogP contribution in [0.2, 0.25) is 0 Å². The summed E-state index contributed by atoms with van der Waals surface area (Å²) < 4.78 is 10.9. The van der Waals surface area contributed by atoms with Crippen LogP contribution in [0.3, 0.4) is 0 Å². The van der Waals surface area contributed by atoms with Crippen molar-refractivity contribution in [1.29, 1.82) is 0 Å². The molecule has 1 N–H and O–H groups in total. The van der Waals surface area contributed by atoms with Gasteiger partial charge in [0.05, 0.1) is 0 Å². The molecule has 0 aliphatic carbocycles. The Bertz CT molecular complexity index is 694. The fourth-order valence-corrected chi connectivity index (χ4v) is 3.41. The summed E-state index contributed by atoms with van der Waals surface area (Å²) in [6, 6.07) is 7.74. The number of benzene rings is 1. The first-order valence-electron chi connectivity index (χ1n) is 8.86. The lowest BCUT2D eigenvalue weighted by atomic mass is 9.87. The van der Waals surface area contributed by atoms with Crippen molar-refractivity contribution >= 4 is 0 Å². The zero-order valence-corrected chi connectivity index (χ0v) is 15.4. The normalized spacial score (nSPS) is 20.8. The van der Waals surface area contributed by atoms with Gasteiger partial charge in [0.2, 0.25) is 0 Å². The minimum atomic E-state index is -0.873. The van der Waals surface area contributed by atoms with E-state index in [2.05, 4.69) is 22.1 Å². The van der Waals surface area contributed by atoms with Gasteiger partial charge in [0.15, 0.2) is 12.4 Å². The van der Waals surface area contributed by atoms with Crippen LogP contribution in [-0.4, -0.2) is 39.8 Å². The number of likely N-dealkylation sites (tertiary alicyclic amines) is 1. The molecule has 1 aliphatic heterocycles. The standard InChI is InChI=1S/C19H27N3O3/c1-13(2)18-20-17(25-21-18)12-24-15-9-7-14(8-10-15)19(3,23)16-6-5-11-22(16)4/h7-10,13,16,23H,5-6,11-12H2,1-4H3/t16-,19?/m1/s1. The van der Waals surface area contributed by atoms with Crippen LogP contribution in [0.25, 0.3) is 0 Å². The fraction of sp³-hybridized carbons (Fsp3) is 0.579. The van der Waals surface area contributed by atoms with Crippen molar-refractivity contribution in [2.45, 2.75) is 57.8 Å². The van der Waals surface area contributed by atoms with Crippen molar-refractivity contribution in [3.63, 3.8) is 0 Å². The minimum Gasteiger partial charge on any atom is -0.484 e. The summed E-state index contributed by atoms with van der Waals surface area (Å²) in [6.45, 7) is 7.19. The van der Waals surface area contributed by atoms with E-state index in [0.29, 0.717) is 17.5 Å². The number of aromatic nitrogens is 2. The van der Waals surface area contributed by atoms with Gasteiger partial charge in [-0.25, -0.2) is 0 Å². The van der Waals surface area contributed by atoms with Gasteiger partial charge in [0.1, 0.15) is 11.4 Å². The fourth-order valence-electron chi connectivity index (χ4n) is 3.41. The summed E-state index contributed by atoms with van der Waals surface area (Å²) >= 11 is 0. The molecule has 0 spiro atoms. The molecule has 2 heterocycles. The van der Waals surface area contributed by atoms with Crippen molar-refractivity contribution in [1.82, 2.24) is 15.0 Å². The molecular weight excluding hydrogens is 318 g/mol. The summed E-state index contributed by atoms with van der Waals surface area (Å²) in [7, 11) is 2.07. The molecule has 1 aromatic heterocycles. The number of hydrogen-bond acceptors (Lipinski definition) is 6. The molecule has 1 unspecified atom stereocenters. The van der Waals surface area contributed by atoms with Crippen molar-refractivity contribution in [2.24, 2.45) is 0 Å². The van der Waals surface area contributed by atoms with E-state index in [4.69, 9.17) is 9.26 Å². The Labute approximate surface area is 148 Å². The first kappa shape index (κ1) is 17.9. The van der Waals surface area contributed by atoms with Crippen LogP contribution < -0.4 is 4.74 Å². The van der Waals surface area contributed by atoms with Gasteiger partial charge in [-0.05, 0) is 51.1 Å². The Morgan fingerprint density at radius 2 is 2.08 bits per heavy atom. The molecule has 1 saturated heterocycles. The Morgan fingerprint density at radius 3 is 2.64 bits per heavy atom. The molecule has 1 aromatic carbocycles. The van der Waals surface area contributed by atoms with E-state index in [-0.39, 0.29) is 18.6 Å². The van der Waals surface area contributed by atoms with E-state index < -0.39 is 5.60 Å². The summed E-state index contributed by atoms with van der Waals surface area (Å²) in [4.78, 5) is 6.52. The average Bonchev–Trinajstić information content (AvgIpc) is 3.22. The Morgan fingerprint density at radius 1 is 1.36 bits per heavy atom. The Kier molecular flexibility index (Phi) is 5.11. The zero-order chi connectivity index (χ0) is 18.0. The smallest absolute Gasteiger partial charge is 0.264 e. The van der Waals surface area contributed by atoms with E-state index >= 15 is 0 Å². The lowest BCUT2D eigenvalue weighted by molar-refractivity contribution is -0.0153. The second kappa shape index (κ2) is 7.14. The molecule has 3 rings (SSSR count). The van der Waals surface area contributed by atoms with Crippen LogP contribution in [0.4, 0.5) is 0 Å². The van der Waals surface area contributed by atoms with Gasteiger partial charge >= 0.3 is 0 Å². The van der Waals surface area contributed by atoms with E-state index in [1.54, 1.807) is 0 Å². The minimum absolute atomic E-state index is 0.145. The summed E-state index contributed by atoms with van der Waals surface area (Å²) in [5.41, 5.74) is 0.0288. The van der Waals surface area contributed by atoms with Crippen molar-refractivity contribution in [3.8, 4) is 5.75 Å². The van der Waals surface area contributed by atoms with Gasteiger partial charge in [-0.3, -0.25) is 0 Å².